The number of hydrogen-bond acceptors (Lipinski definition) is 9. The summed E-state index contributed by atoms with van der Waals surface area (Å²) >= 11 is 0. The Hall–Kier alpha value is -3.64. The third kappa shape index (κ3) is 10.8. The van der Waals surface area contributed by atoms with Gasteiger partial charge in [-0.3, -0.25) is 0 Å². The van der Waals surface area contributed by atoms with E-state index in [-0.39, 0.29) is 49.8 Å². The van der Waals surface area contributed by atoms with Crippen molar-refractivity contribution in [3.05, 3.63) is 124 Å². The van der Waals surface area contributed by atoms with Crippen LogP contribution in [0.4, 0.5) is 0 Å². The van der Waals surface area contributed by atoms with Gasteiger partial charge in [-0.05, 0) is 142 Å². The number of fused-ring (bicyclic) bond motifs is 3. The molecule has 0 saturated carbocycles. The molecule has 0 aliphatic heterocycles. The Morgan fingerprint density at radius 2 is 0.600 bits per heavy atom. The van der Waals surface area contributed by atoms with Crippen molar-refractivity contribution in [2.75, 3.05) is 0 Å². The summed E-state index contributed by atoms with van der Waals surface area (Å²) in [7, 11) is -13.3. The first-order valence-electron chi connectivity index (χ1n) is 17.4. The Labute approximate surface area is 337 Å². The Balaban J connectivity index is 0.000000220. The molecule has 0 fully saturated rings. The van der Waals surface area contributed by atoms with E-state index in [1.54, 1.807) is 18.2 Å². The molecule has 6 rings (SSSR count). The Morgan fingerprint density at radius 1 is 0.382 bits per heavy atom. The molecule has 0 spiro atoms. The zero-order valence-electron chi connectivity index (χ0n) is 32.4. The van der Waals surface area contributed by atoms with Crippen molar-refractivity contribution in [1.29, 1.82) is 0 Å². The van der Waals surface area contributed by atoms with Crippen LogP contribution in [-0.4, -0.2) is 56.3 Å². The zero-order chi connectivity index (χ0) is 40.5. The number of hydrogen-bond donors (Lipinski definition) is 0. The van der Waals surface area contributed by atoms with E-state index in [2.05, 4.69) is 0 Å². The summed E-state index contributed by atoms with van der Waals surface area (Å²) in [6, 6.07) is 26.9. The van der Waals surface area contributed by atoms with Crippen LogP contribution in [0, 0.1) is 20.8 Å². The number of rotatable bonds is 6. The molecule has 6 aliphatic rings. The van der Waals surface area contributed by atoms with Crippen LogP contribution in [0.15, 0.2) is 106 Å². The molecule has 0 unspecified atom stereocenters. The molecular weight excluding hydrogens is 772 g/mol. The summed E-state index contributed by atoms with van der Waals surface area (Å²) in [5, 5.41) is 0. The van der Waals surface area contributed by atoms with Gasteiger partial charge in [0.2, 0.25) is 0 Å². The summed E-state index contributed by atoms with van der Waals surface area (Å²) in [4.78, 5) is -0.352. The van der Waals surface area contributed by atoms with Gasteiger partial charge in [-0.25, -0.2) is 25.3 Å². The van der Waals surface area contributed by atoms with E-state index >= 15 is 0 Å². The summed E-state index contributed by atoms with van der Waals surface area (Å²) in [5.74, 6) is 0.828. The molecule has 0 bridgehead atoms. The molecule has 0 aromatic rings. The van der Waals surface area contributed by atoms with Gasteiger partial charge in [-0.2, -0.15) is 0 Å². The van der Waals surface area contributed by atoms with Crippen molar-refractivity contribution in [1.82, 2.24) is 0 Å². The molecule has 0 amide bonds. The molecule has 0 heterocycles. The van der Waals surface area contributed by atoms with E-state index in [0.717, 1.165) is 50.1 Å². The van der Waals surface area contributed by atoms with Gasteiger partial charge in [-0.1, -0.05) is 96.1 Å². The molecule has 9 nitrogen and oxygen atoms in total. The molecule has 0 saturated heterocycles. The van der Waals surface area contributed by atoms with Gasteiger partial charge in [0.25, 0.3) is 0 Å². The van der Waals surface area contributed by atoms with Crippen LogP contribution in [0.25, 0.3) is 33.4 Å². The van der Waals surface area contributed by atoms with Crippen molar-refractivity contribution in [2.45, 2.75) is 94.8 Å². The average molecular weight is 817 g/mol. The molecule has 0 aromatic carbocycles. The average Bonchev–Trinajstić information content (AvgIpc) is 3.40. The van der Waals surface area contributed by atoms with Crippen LogP contribution in [0.1, 0.15) is 92.7 Å². The van der Waals surface area contributed by atoms with E-state index in [0.29, 0.717) is 16.7 Å². The predicted octanol–water partition coefficient (Wildman–Crippen LogP) is 9.00. The normalized spacial score (nSPS) is 12.1. The monoisotopic (exact) mass is 816 g/mol. The molecule has 0 N–H and O–H groups in total. The van der Waals surface area contributed by atoms with E-state index in [9.17, 15) is 38.9 Å². The van der Waals surface area contributed by atoms with Gasteiger partial charge in [0, 0.05) is 0 Å². The van der Waals surface area contributed by atoms with Crippen molar-refractivity contribution >= 4 is 47.7 Å². The first-order chi connectivity index (χ1) is 24.9. The molecule has 288 valence electrons. The Morgan fingerprint density at radius 3 is 0.782 bits per heavy atom. The van der Waals surface area contributed by atoms with E-state index in [1.165, 1.54) is 18.2 Å². The van der Waals surface area contributed by atoms with Crippen molar-refractivity contribution in [3.8, 4) is 33.4 Å². The maximum Gasteiger partial charge on any atom is 3.00 e. The second-order valence-electron chi connectivity index (χ2n) is 14.4. The first kappa shape index (κ1) is 45.7. The third-order valence-corrected chi connectivity index (χ3v) is 12.0. The third-order valence-electron chi connectivity index (χ3n) is 9.38. The fourth-order valence-corrected chi connectivity index (χ4v) is 8.59. The molecule has 0 radical (unpaired) electrons. The smallest absolute Gasteiger partial charge is 0.744 e. The molecule has 13 heteroatoms. The fourth-order valence-electron chi connectivity index (χ4n) is 6.31. The summed E-state index contributed by atoms with van der Waals surface area (Å²) in [6.07, 6.45) is 0. The van der Waals surface area contributed by atoms with Crippen molar-refractivity contribution in [2.24, 2.45) is 0 Å². The zero-order valence-corrected chi connectivity index (χ0v) is 36.0. The predicted molar refractivity (Wildman–Crippen MR) is 215 cm³/mol. The molecule has 0 atom stereocenters. The van der Waals surface area contributed by atoms with Crippen LogP contribution in [0.3, 0.4) is 0 Å². The minimum atomic E-state index is -4.43. The maximum atomic E-state index is 11.3. The Bertz CT molecular complexity index is 2260. The summed E-state index contributed by atoms with van der Waals surface area (Å²) in [5.41, 5.74) is 9.50. The second kappa shape index (κ2) is 17.7. The molecule has 55 heavy (non-hydrogen) atoms. The van der Waals surface area contributed by atoms with Crippen LogP contribution in [0.2, 0.25) is 0 Å². The van der Waals surface area contributed by atoms with Crippen molar-refractivity contribution in [3.63, 3.8) is 0 Å². The Kier molecular flexibility index (Phi) is 14.7. The summed E-state index contributed by atoms with van der Waals surface area (Å²) in [6.45, 7) is 17.6. The maximum absolute atomic E-state index is 11.3. The van der Waals surface area contributed by atoms with Gasteiger partial charge in [0.05, 0.1) is 14.7 Å². The second-order valence-corrected chi connectivity index (χ2v) is 18.4. The number of aryl methyl sites for hydroxylation is 3. The largest absolute Gasteiger partial charge is 3.00 e. The van der Waals surface area contributed by atoms with E-state index in [4.69, 9.17) is 0 Å². The van der Waals surface area contributed by atoms with E-state index < -0.39 is 30.4 Å². The van der Waals surface area contributed by atoms with Gasteiger partial charge in [-0.15, -0.1) is 0 Å². The molecule has 0 aromatic heterocycles. The van der Waals surface area contributed by atoms with Crippen LogP contribution in [-0.2, 0) is 30.4 Å². The SMILES string of the molecule is Cc1cc(S(=O)(=O)[O-])c2cc(C(C)C)cccc1-2.Cc1cc(S(=O)(=O)[O-])c2cc(C(C)C)cccc1-2.Cc1cc(S(=O)(=O)[O-])c2cc(C(C)C)cccc1-2.[Al+3]. The van der Waals surface area contributed by atoms with Crippen LogP contribution < -0.4 is 0 Å². The quantitative estimate of drug-likeness (QED) is 0.117. The summed E-state index contributed by atoms with van der Waals surface area (Å²) < 4.78 is 102. The van der Waals surface area contributed by atoms with E-state index in [1.807, 2.05) is 117 Å². The van der Waals surface area contributed by atoms with Crippen LogP contribution >= 0.6 is 0 Å². The van der Waals surface area contributed by atoms with Gasteiger partial charge in [0.1, 0.15) is 30.4 Å². The van der Waals surface area contributed by atoms with Crippen molar-refractivity contribution < 1.29 is 38.9 Å². The topological polar surface area (TPSA) is 172 Å². The van der Waals surface area contributed by atoms with Gasteiger partial charge >= 0.3 is 17.4 Å². The first-order valence-corrected chi connectivity index (χ1v) is 21.6. The minimum Gasteiger partial charge on any atom is -0.744 e. The van der Waals surface area contributed by atoms with Gasteiger partial charge in [0.15, 0.2) is 0 Å². The fraction of sp³-hybridized carbons (Fsp3) is 0.286. The molecular formula is C42H45AlO9S3. The minimum absolute atomic E-state index is 0. The van der Waals surface area contributed by atoms with Gasteiger partial charge < -0.3 is 13.7 Å². The van der Waals surface area contributed by atoms with Crippen LogP contribution in [0.5, 0.6) is 0 Å². The standard InChI is InChI=1S/3C14H16O3S.Al/c3*1-9(2)11-5-4-6-12-10(3)7-14(13(12)8-11)18(15,16)17;/h3*4-9H,1-3H3,(H,15,16,17);/q;;;+3/p-3. The molecule has 6 aliphatic carbocycles.